The Morgan fingerprint density at radius 3 is 2.90 bits per heavy atom. The molecule has 4 nitrogen and oxygen atoms in total. The minimum atomic E-state index is 0.600. The van der Waals surface area contributed by atoms with E-state index in [1.165, 1.54) is 0 Å². The van der Waals surface area contributed by atoms with Crippen LogP contribution in [0, 0.1) is 0 Å². The largest absolute Gasteiger partial charge is 0.497 e. The van der Waals surface area contributed by atoms with Gasteiger partial charge in [-0.05, 0) is 29.8 Å². The fourth-order valence-corrected chi connectivity index (χ4v) is 1.82. The van der Waals surface area contributed by atoms with Gasteiger partial charge in [0.2, 0.25) is 0 Å². The summed E-state index contributed by atoms with van der Waals surface area (Å²) < 4.78 is 10.8. The molecule has 0 fully saturated rings. The second-order valence-corrected chi connectivity index (χ2v) is 4.40. The fourth-order valence-electron chi connectivity index (χ4n) is 1.82. The molecule has 0 spiro atoms. The van der Waals surface area contributed by atoms with E-state index in [0.29, 0.717) is 13.2 Å². The van der Waals surface area contributed by atoms with Crippen LogP contribution in [0.15, 0.2) is 48.7 Å². The van der Waals surface area contributed by atoms with Crippen molar-refractivity contribution in [2.75, 3.05) is 20.3 Å². The van der Waals surface area contributed by atoms with Crippen LogP contribution in [0.2, 0.25) is 0 Å². The van der Waals surface area contributed by atoms with Crippen LogP contribution in [-0.4, -0.2) is 25.2 Å². The first-order chi connectivity index (χ1) is 9.88. The molecule has 0 saturated heterocycles. The molecule has 1 heterocycles. The lowest BCUT2D eigenvalue weighted by Crippen LogP contribution is -2.19. The number of nitrogens with zero attached hydrogens (tertiary/aromatic N) is 1. The van der Waals surface area contributed by atoms with Gasteiger partial charge in [0.15, 0.2) is 0 Å². The molecule has 0 aliphatic rings. The summed E-state index contributed by atoms with van der Waals surface area (Å²) in [6.07, 6.45) is 1.80. The maximum Gasteiger partial charge on any atom is 0.119 e. The van der Waals surface area contributed by atoms with Crippen molar-refractivity contribution < 1.29 is 9.47 Å². The number of pyridine rings is 1. The Balaban J connectivity index is 1.59. The maximum absolute atomic E-state index is 5.62. The number of benzene rings is 1. The van der Waals surface area contributed by atoms with Crippen LogP contribution in [0.3, 0.4) is 0 Å². The van der Waals surface area contributed by atoms with Gasteiger partial charge in [-0.1, -0.05) is 18.2 Å². The Bertz CT molecular complexity index is 503. The third-order valence-corrected chi connectivity index (χ3v) is 2.86. The van der Waals surface area contributed by atoms with E-state index in [4.69, 9.17) is 9.47 Å². The van der Waals surface area contributed by atoms with E-state index in [0.717, 1.165) is 30.1 Å². The van der Waals surface area contributed by atoms with Crippen LogP contribution in [-0.2, 0) is 17.9 Å². The summed E-state index contributed by atoms with van der Waals surface area (Å²) in [5.41, 5.74) is 2.16. The Morgan fingerprint density at radius 2 is 2.10 bits per heavy atom. The highest BCUT2D eigenvalue weighted by molar-refractivity contribution is 5.27. The van der Waals surface area contributed by atoms with Crippen molar-refractivity contribution >= 4 is 0 Å². The summed E-state index contributed by atoms with van der Waals surface area (Å²) in [4.78, 5) is 4.25. The summed E-state index contributed by atoms with van der Waals surface area (Å²) in [7, 11) is 1.67. The van der Waals surface area contributed by atoms with Crippen molar-refractivity contribution in [2.45, 2.75) is 13.2 Å². The van der Waals surface area contributed by atoms with Crippen LogP contribution < -0.4 is 10.1 Å². The highest BCUT2D eigenvalue weighted by Gasteiger charge is 1.96. The summed E-state index contributed by atoms with van der Waals surface area (Å²) in [5.74, 6) is 0.861. The zero-order valence-corrected chi connectivity index (χ0v) is 11.7. The number of hydrogen-bond donors (Lipinski definition) is 1. The van der Waals surface area contributed by atoms with Crippen LogP contribution in [0.5, 0.6) is 5.75 Å². The van der Waals surface area contributed by atoms with Crippen molar-refractivity contribution in [3.8, 4) is 5.75 Å². The molecule has 0 aliphatic carbocycles. The molecule has 1 aromatic heterocycles. The molecule has 0 aliphatic heterocycles. The lowest BCUT2D eigenvalue weighted by Gasteiger charge is -2.07. The molecule has 1 aromatic carbocycles. The Morgan fingerprint density at radius 1 is 1.15 bits per heavy atom. The molecule has 0 saturated carbocycles. The number of aromatic nitrogens is 1. The summed E-state index contributed by atoms with van der Waals surface area (Å²) in [6.45, 7) is 2.84. The van der Waals surface area contributed by atoms with Gasteiger partial charge < -0.3 is 14.8 Å². The van der Waals surface area contributed by atoms with E-state index in [1.54, 1.807) is 13.3 Å². The highest BCUT2D eigenvalue weighted by Crippen LogP contribution is 2.12. The molecule has 0 unspecified atom stereocenters. The molecule has 4 heteroatoms. The van der Waals surface area contributed by atoms with E-state index in [-0.39, 0.29) is 0 Å². The van der Waals surface area contributed by atoms with E-state index in [9.17, 15) is 0 Å². The lowest BCUT2D eigenvalue weighted by atomic mass is 10.2. The van der Waals surface area contributed by atoms with Crippen molar-refractivity contribution in [2.24, 2.45) is 0 Å². The lowest BCUT2D eigenvalue weighted by molar-refractivity contribution is 0.122. The zero-order valence-electron chi connectivity index (χ0n) is 11.7. The first-order valence-corrected chi connectivity index (χ1v) is 6.70. The van der Waals surface area contributed by atoms with Gasteiger partial charge in [0.1, 0.15) is 5.75 Å². The highest BCUT2D eigenvalue weighted by atomic mass is 16.5. The van der Waals surface area contributed by atoms with E-state index >= 15 is 0 Å². The molecule has 0 amide bonds. The van der Waals surface area contributed by atoms with Crippen molar-refractivity contribution in [1.82, 2.24) is 10.3 Å². The van der Waals surface area contributed by atoms with Gasteiger partial charge in [0, 0.05) is 19.3 Å². The quantitative estimate of drug-likeness (QED) is 0.749. The second kappa shape index (κ2) is 8.30. The van der Waals surface area contributed by atoms with E-state index in [2.05, 4.69) is 10.3 Å². The molecule has 0 bridgehead atoms. The van der Waals surface area contributed by atoms with Gasteiger partial charge in [-0.25, -0.2) is 0 Å². The summed E-state index contributed by atoms with van der Waals surface area (Å²) >= 11 is 0. The van der Waals surface area contributed by atoms with Crippen LogP contribution >= 0.6 is 0 Å². The summed E-state index contributed by atoms with van der Waals surface area (Å²) in [6, 6.07) is 13.8. The maximum atomic E-state index is 5.62. The van der Waals surface area contributed by atoms with Gasteiger partial charge >= 0.3 is 0 Å². The smallest absolute Gasteiger partial charge is 0.119 e. The molecule has 106 valence electrons. The topological polar surface area (TPSA) is 43.4 Å². The third-order valence-electron chi connectivity index (χ3n) is 2.86. The Labute approximate surface area is 119 Å². The molecule has 0 radical (unpaired) electrons. The molecule has 2 aromatic rings. The van der Waals surface area contributed by atoms with Crippen LogP contribution in [0.1, 0.15) is 11.3 Å². The average Bonchev–Trinajstić information content (AvgIpc) is 2.52. The SMILES string of the molecule is COc1cccc(COCCNCc2ccccn2)c1. The number of ether oxygens (including phenoxy) is 2. The van der Waals surface area contributed by atoms with E-state index < -0.39 is 0 Å². The van der Waals surface area contributed by atoms with Crippen LogP contribution in [0.25, 0.3) is 0 Å². The average molecular weight is 272 g/mol. The van der Waals surface area contributed by atoms with Crippen LogP contribution in [0.4, 0.5) is 0 Å². The number of rotatable bonds is 8. The number of nitrogens with one attached hydrogen (secondary N) is 1. The Hall–Kier alpha value is -1.91. The van der Waals surface area contributed by atoms with E-state index in [1.807, 2.05) is 42.5 Å². The zero-order chi connectivity index (χ0) is 14.0. The molecular weight excluding hydrogens is 252 g/mol. The van der Waals surface area contributed by atoms with Crippen molar-refractivity contribution in [3.63, 3.8) is 0 Å². The first-order valence-electron chi connectivity index (χ1n) is 6.70. The van der Waals surface area contributed by atoms with Crippen molar-refractivity contribution in [3.05, 3.63) is 59.9 Å². The predicted molar refractivity (Wildman–Crippen MR) is 78.6 cm³/mol. The number of hydrogen-bond acceptors (Lipinski definition) is 4. The first kappa shape index (κ1) is 14.5. The second-order valence-electron chi connectivity index (χ2n) is 4.40. The minimum absolute atomic E-state index is 0.600. The molecule has 0 atom stereocenters. The third kappa shape index (κ3) is 4.99. The minimum Gasteiger partial charge on any atom is -0.497 e. The summed E-state index contributed by atoms with van der Waals surface area (Å²) in [5, 5.41) is 3.30. The monoisotopic (exact) mass is 272 g/mol. The standard InChI is InChI=1S/C16H20N2O2/c1-19-16-7-4-5-14(11-16)13-20-10-9-17-12-15-6-2-3-8-18-15/h2-8,11,17H,9-10,12-13H2,1H3. The fraction of sp³-hybridized carbons (Fsp3) is 0.312. The molecule has 2 rings (SSSR count). The van der Waals surface area contributed by atoms with Gasteiger partial charge in [0.05, 0.1) is 26.0 Å². The van der Waals surface area contributed by atoms with Gasteiger partial charge in [-0.15, -0.1) is 0 Å². The van der Waals surface area contributed by atoms with Crippen molar-refractivity contribution in [1.29, 1.82) is 0 Å². The molecule has 20 heavy (non-hydrogen) atoms. The molecule has 1 N–H and O–H groups in total. The Kier molecular flexibility index (Phi) is 6.02. The van der Waals surface area contributed by atoms with Gasteiger partial charge in [0.25, 0.3) is 0 Å². The normalized spacial score (nSPS) is 10.4. The number of methoxy groups -OCH3 is 1. The predicted octanol–water partition coefficient (Wildman–Crippen LogP) is 2.40. The molecular formula is C16H20N2O2. The van der Waals surface area contributed by atoms with Gasteiger partial charge in [-0.2, -0.15) is 0 Å². The van der Waals surface area contributed by atoms with Gasteiger partial charge in [-0.3, -0.25) is 4.98 Å².